The molecule has 0 bridgehead atoms. The van der Waals surface area contributed by atoms with E-state index in [1.165, 1.54) is 4.90 Å². The van der Waals surface area contributed by atoms with Crippen molar-refractivity contribution in [2.75, 3.05) is 26.7 Å². The molecule has 1 aliphatic heterocycles. The molecule has 1 rings (SSSR count). The standard InChI is InChI=1S/C13H25N3O3/c1-9(2)7-15-12(17)8-16(3)13(18)11-5-4-10(6-14)19-11/h9-11H,4-8,14H2,1-3H3,(H,15,17). The summed E-state index contributed by atoms with van der Waals surface area (Å²) >= 11 is 0. The molecule has 1 aliphatic rings. The summed E-state index contributed by atoms with van der Waals surface area (Å²) in [5.74, 6) is 0.113. The maximum Gasteiger partial charge on any atom is 0.251 e. The normalized spacial score (nSPS) is 22.6. The van der Waals surface area contributed by atoms with Crippen LogP contribution in [0.15, 0.2) is 0 Å². The second-order valence-corrected chi connectivity index (χ2v) is 5.45. The summed E-state index contributed by atoms with van der Waals surface area (Å²) in [4.78, 5) is 25.1. The molecule has 0 aromatic rings. The summed E-state index contributed by atoms with van der Waals surface area (Å²) in [6.45, 7) is 5.17. The second kappa shape index (κ2) is 7.45. The Morgan fingerprint density at radius 2 is 2.11 bits per heavy atom. The number of carbonyl (C=O) groups excluding carboxylic acids is 2. The van der Waals surface area contributed by atoms with E-state index in [0.29, 0.717) is 25.4 Å². The van der Waals surface area contributed by atoms with E-state index in [1.54, 1.807) is 7.05 Å². The van der Waals surface area contributed by atoms with Gasteiger partial charge in [0.25, 0.3) is 5.91 Å². The lowest BCUT2D eigenvalue weighted by molar-refractivity contribution is -0.144. The molecule has 6 nitrogen and oxygen atoms in total. The van der Waals surface area contributed by atoms with Crippen molar-refractivity contribution in [1.29, 1.82) is 0 Å². The third-order valence-electron chi connectivity index (χ3n) is 3.11. The number of nitrogens with one attached hydrogen (secondary N) is 1. The van der Waals surface area contributed by atoms with Crippen molar-refractivity contribution in [3.05, 3.63) is 0 Å². The summed E-state index contributed by atoms with van der Waals surface area (Å²) in [5.41, 5.74) is 5.51. The molecule has 6 heteroatoms. The SMILES string of the molecule is CC(C)CNC(=O)CN(C)C(=O)C1CCC(CN)O1. The third kappa shape index (κ3) is 5.16. The van der Waals surface area contributed by atoms with Crippen molar-refractivity contribution in [3.63, 3.8) is 0 Å². The van der Waals surface area contributed by atoms with Gasteiger partial charge in [-0.25, -0.2) is 0 Å². The Hall–Kier alpha value is -1.14. The first kappa shape index (κ1) is 15.9. The van der Waals surface area contributed by atoms with Crippen LogP contribution in [-0.2, 0) is 14.3 Å². The highest BCUT2D eigenvalue weighted by Gasteiger charge is 2.32. The average Bonchev–Trinajstić information content (AvgIpc) is 2.84. The maximum atomic E-state index is 12.1. The Morgan fingerprint density at radius 1 is 1.42 bits per heavy atom. The Balaban J connectivity index is 2.34. The number of ether oxygens (including phenoxy) is 1. The molecule has 0 aromatic heterocycles. The molecule has 110 valence electrons. The first-order valence-corrected chi connectivity index (χ1v) is 6.81. The summed E-state index contributed by atoms with van der Waals surface area (Å²) in [7, 11) is 1.62. The van der Waals surface area contributed by atoms with Crippen LogP contribution in [0.4, 0.5) is 0 Å². The number of hydrogen-bond donors (Lipinski definition) is 2. The molecule has 0 aliphatic carbocycles. The van der Waals surface area contributed by atoms with Crippen molar-refractivity contribution in [3.8, 4) is 0 Å². The van der Waals surface area contributed by atoms with Gasteiger partial charge in [0, 0.05) is 20.1 Å². The number of likely N-dealkylation sites (N-methyl/N-ethyl adjacent to an activating group) is 1. The van der Waals surface area contributed by atoms with Gasteiger partial charge in [-0.15, -0.1) is 0 Å². The lowest BCUT2D eigenvalue weighted by Crippen LogP contribution is -2.43. The number of rotatable bonds is 6. The molecular weight excluding hydrogens is 246 g/mol. The summed E-state index contributed by atoms with van der Waals surface area (Å²) in [5, 5.41) is 2.78. The zero-order chi connectivity index (χ0) is 14.4. The van der Waals surface area contributed by atoms with Crippen molar-refractivity contribution in [2.45, 2.75) is 38.9 Å². The summed E-state index contributed by atoms with van der Waals surface area (Å²) in [6, 6.07) is 0. The Kier molecular flexibility index (Phi) is 6.24. The number of hydrogen-bond acceptors (Lipinski definition) is 4. The molecule has 2 atom stereocenters. The van der Waals surface area contributed by atoms with E-state index in [1.807, 2.05) is 13.8 Å². The number of nitrogens with zero attached hydrogens (tertiary/aromatic N) is 1. The van der Waals surface area contributed by atoms with Crippen LogP contribution >= 0.6 is 0 Å². The molecule has 1 heterocycles. The largest absolute Gasteiger partial charge is 0.364 e. The first-order chi connectivity index (χ1) is 8.93. The smallest absolute Gasteiger partial charge is 0.251 e. The van der Waals surface area contributed by atoms with E-state index in [-0.39, 0.29) is 24.5 Å². The number of amides is 2. The Bertz CT molecular complexity index is 320. The van der Waals surface area contributed by atoms with E-state index in [4.69, 9.17) is 10.5 Å². The van der Waals surface area contributed by atoms with Gasteiger partial charge in [0.1, 0.15) is 6.10 Å². The molecule has 0 radical (unpaired) electrons. The molecule has 19 heavy (non-hydrogen) atoms. The van der Waals surface area contributed by atoms with Gasteiger partial charge >= 0.3 is 0 Å². The van der Waals surface area contributed by atoms with Crippen LogP contribution < -0.4 is 11.1 Å². The van der Waals surface area contributed by atoms with Crippen LogP contribution in [0.5, 0.6) is 0 Å². The van der Waals surface area contributed by atoms with Crippen molar-refractivity contribution in [2.24, 2.45) is 11.7 Å². The van der Waals surface area contributed by atoms with Crippen LogP contribution in [0, 0.1) is 5.92 Å². The summed E-state index contributed by atoms with van der Waals surface area (Å²) < 4.78 is 5.53. The molecule has 0 spiro atoms. The van der Waals surface area contributed by atoms with Crippen LogP contribution in [0.2, 0.25) is 0 Å². The molecule has 0 saturated carbocycles. The van der Waals surface area contributed by atoms with Crippen molar-refractivity contribution < 1.29 is 14.3 Å². The highest BCUT2D eigenvalue weighted by Crippen LogP contribution is 2.20. The van der Waals surface area contributed by atoms with Gasteiger partial charge in [0.2, 0.25) is 5.91 Å². The van der Waals surface area contributed by atoms with E-state index in [0.717, 1.165) is 6.42 Å². The van der Waals surface area contributed by atoms with E-state index in [9.17, 15) is 9.59 Å². The fraction of sp³-hybridized carbons (Fsp3) is 0.846. The predicted octanol–water partition coefficient (Wildman–Crippen LogP) is -0.277. The summed E-state index contributed by atoms with van der Waals surface area (Å²) in [6.07, 6.45) is 1.01. The quantitative estimate of drug-likeness (QED) is 0.696. The van der Waals surface area contributed by atoms with E-state index in [2.05, 4.69) is 5.32 Å². The third-order valence-corrected chi connectivity index (χ3v) is 3.11. The topological polar surface area (TPSA) is 84.7 Å². The average molecular weight is 271 g/mol. The fourth-order valence-electron chi connectivity index (χ4n) is 1.97. The molecule has 1 fully saturated rings. The van der Waals surface area contributed by atoms with E-state index >= 15 is 0 Å². The zero-order valence-corrected chi connectivity index (χ0v) is 12.0. The molecule has 0 aromatic carbocycles. The number of nitrogens with two attached hydrogens (primary N) is 1. The van der Waals surface area contributed by atoms with Gasteiger partial charge in [-0.1, -0.05) is 13.8 Å². The molecule has 2 amide bonds. The van der Waals surface area contributed by atoms with Crippen LogP contribution in [0.1, 0.15) is 26.7 Å². The van der Waals surface area contributed by atoms with E-state index < -0.39 is 6.10 Å². The molecule has 1 saturated heterocycles. The molecular formula is C13H25N3O3. The Morgan fingerprint density at radius 3 is 2.63 bits per heavy atom. The molecule has 2 unspecified atom stereocenters. The fourth-order valence-corrected chi connectivity index (χ4v) is 1.97. The Labute approximate surface area is 114 Å². The van der Waals surface area contributed by atoms with Crippen LogP contribution in [-0.4, -0.2) is 55.6 Å². The molecule has 3 N–H and O–H groups in total. The minimum absolute atomic E-state index is 0.0304. The predicted molar refractivity (Wildman–Crippen MR) is 72.4 cm³/mol. The van der Waals surface area contributed by atoms with Crippen LogP contribution in [0.25, 0.3) is 0 Å². The minimum Gasteiger partial charge on any atom is -0.364 e. The van der Waals surface area contributed by atoms with Gasteiger partial charge in [-0.3, -0.25) is 9.59 Å². The second-order valence-electron chi connectivity index (χ2n) is 5.45. The van der Waals surface area contributed by atoms with Gasteiger partial charge in [-0.2, -0.15) is 0 Å². The van der Waals surface area contributed by atoms with Crippen molar-refractivity contribution in [1.82, 2.24) is 10.2 Å². The van der Waals surface area contributed by atoms with Gasteiger partial charge < -0.3 is 20.7 Å². The van der Waals surface area contributed by atoms with Gasteiger partial charge in [0.05, 0.1) is 12.6 Å². The lowest BCUT2D eigenvalue weighted by Gasteiger charge is -2.21. The maximum absolute atomic E-state index is 12.1. The monoisotopic (exact) mass is 271 g/mol. The number of carbonyl (C=O) groups is 2. The highest BCUT2D eigenvalue weighted by molar-refractivity contribution is 5.86. The van der Waals surface area contributed by atoms with Gasteiger partial charge in [-0.05, 0) is 18.8 Å². The van der Waals surface area contributed by atoms with Gasteiger partial charge in [0.15, 0.2) is 0 Å². The lowest BCUT2D eigenvalue weighted by atomic mass is 10.2. The van der Waals surface area contributed by atoms with Crippen LogP contribution in [0.3, 0.4) is 0 Å². The minimum atomic E-state index is -0.448. The van der Waals surface area contributed by atoms with Crippen molar-refractivity contribution >= 4 is 11.8 Å². The highest BCUT2D eigenvalue weighted by atomic mass is 16.5. The zero-order valence-electron chi connectivity index (χ0n) is 12.0. The first-order valence-electron chi connectivity index (χ1n) is 6.81.